The first-order valence-electron chi connectivity index (χ1n) is 8.74. The third kappa shape index (κ3) is 3.92. The van der Waals surface area contributed by atoms with Crippen molar-refractivity contribution in [3.05, 3.63) is 65.5 Å². The van der Waals surface area contributed by atoms with Crippen LogP contribution in [0.2, 0.25) is 0 Å². The Kier molecular flexibility index (Phi) is 4.30. The molecule has 25 heavy (non-hydrogen) atoms. The van der Waals surface area contributed by atoms with Gasteiger partial charge in [0.05, 0.1) is 6.10 Å². The van der Waals surface area contributed by atoms with Crippen molar-refractivity contribution in [3.8, 4) is 5.75 Å². The molecule has 2 N–H and O–H groups in total. The summed E-state index contributed by atoms with van der Waals surface area (Å²) < 4.78 is 19.9. The molecule has 4 rings (SSSR count). The molecular weight excluding hydrogens is 319 g/mol. The maximum atomic E-state index is 14.4. The molecule has 4 nitrogen and oxygen atoms in total. The highest BCUT2D eigenvalue weighted by atomic mass is 19.1. The van der Waals surface area contributed by atoms with Gasteiger partial charge in [0.1, 0.15) is 0 Å². The van der Waals surface area contributed by atoms with Crippen LogP contribution in [0.3, 0.4) is 0 Å². The first kappa shape index (κ1) is 15.9. The van der Waals surface area contributed by atoms with Crippen LogP contribution in [0.4, 0.5) is 9.18 Å². The average molecular weight is 340 g/mol. The van der Waals surface area contributed by atoms with Crippen molar-refractivity contribution in [1.29, 1.82) is 0 Å². The molecule has 2 aromatic carbocycles. The van der Waals surface area contributed by atoms with Crippen LogP contribution in [0, 0.1) is 5.82 Å². The lowest BCUT2D eigenvalue weighted by atomic mass is 10.1. The molecule has 0 unspecified atom stereocenters. The maximum absolute atomic E-state index is 14.4. The van der Waals surface area contributed by atoms with Gasteiger partial charge in [0, 0.05) is 24.1 Å². The Morgan fingerprint density at radius 3 is 2.68 bits per heavy atom. The number of ether oxygens (including phenoxy) is 1. The number of carbonyl (C=O) groups excluding carboxylic acids is 1. The van der Waals surface area contributed by atoms with Gasteiger partial charge in [-0.15, -0.1) is 0 Å². The van der Waals surface area contributed by atoms with Crippen LogP contribution < -0.4 is 15.4 Å². The summed E-state index contributed by atoms with van der Waals surface area (Å²) in [6.45, 7) is 0.141. The van der Waals surface area contributed by atoms with Crippen molar-refractivity contribution >= 4 is 6.03 Å². The first-order chi connectivity index (χ1) is 12.2. The largest absolute Gasteiger partial charge is 0.487 e. The van der Waals surface area contributed by atoms with Crippen LogP contribution in [-0.2, 0) is 6.54 Å². The molecule has 2 saturated carbocycles. The topological polar surface area (TPSA) is 50.4 Å². The minimum Gasteiger partial charge on any atom is -0.487 e. The number of amides is 2. The molecule has 0 spiro atoms. The molecule has 2 fully saturated rings. The number of hydrogen-bond donors (Lipinski definition) is 2. The molecule has 0 saturated heterocycles. The number of rotatable bonds is 6. The van der Waals surface area contributed by atoms with Crippen LogP contribution in [0.15, 0.2) is 48.5 Å². The zero-order valence-electron chi connectivity index (χ0n) is 13.9. The van der Waals surface area contributed by atoms with E-state index in [-0.39, 0.29) is 36.3 Å². The second kappa shape index (κ2) is 6.75. The summed E-state index contributed by atoms with van der Waals surface area (Å²) in [4.78, 5) is 12.1. The van der Waals surface area contributed by atoms with Crippen LogP contribution >= 0.6 is 0 Å². The summed E-state index contributed by atoms with van der Waals surface area (Å²) in [7, 11) is 0. The van der Waals surface area contributed by atoms with Gasteiger partial charge >= 0.3 is 6.03 Å². The van der Waals surface area contributed by atoms with Crippen molar-refractivity contribution in [2.75, 3.05) is 0 Å². The van der Waals surface area contributed by atoms with E-state index >= 15 is 0 Å². The number of hydrogen-bond acceptors (Lipinski definition) is 2. The van der Waals surface area contributed by atoms with Gasteiger partial charge in [-0.3, -0.25) is 0 Å². The van der Waals surface area contributed by atoms with E-state index in [9.17, 15) is 9.18 Å². The Balaban J connectivity index is 1.28. The van der Waals surface area contributed by atoms with Crippen molar-refractivity contribution < 1.29 is 13.9 Å². The summed E-state index contributed by atoms with van der Waals surface area (Å²) in [6, 6.07) is 15.1. The summed E-state index contributed by atoms with van der Waals surface area (Å²) in [6.07, 6.45) is 3.05. The third-order valence-electron chi connectivity index (χ3n) is 4.64. The van der Waals surface area contributed by atoms with Gasteiger partial charge in [-0.1, -0.05) is 42.5 Å². The predicted molar refractivity (Wildman–Crippen MR) is 93.0 cm³/mol. The standard InChI is InChI=1S/C20H21FN2O2/c21-19-14(7-4-8-18(19)25-15-9-10-15)12-22-20(24)23-17-11-16(17)13-5-2-1-3-6-13/h1-8,15-17H,9-12H2,(H2,22,23,24)/t16-,17+/m0/s1. The summed E-state index contributed by atoms with van der Waals surface area (Å²) >= 11 is 0. The van der Waals surface area contributed by atoms with E-state index in [0.717, 1.165) is 19.3 Å². The summed E-state index contributed by atoms with van der Waals surface area (Å²) in [5.41, 5.74) is 1.67. The average Bonchev–Trinajstić information content (AvgIpc) is 3.53. The van der Waals surface area contributed by atoms with Crippen LogP contribution in [0.5, 0.6) is 5.75 Å². The Labute approximate surface area is 146 Å². The SMILES string of the molecule is O=C(NCc1cccc(OC2CC2)c1F)N[C@@H]1C[C@H]1c1ccccc1. The van der Waals surface area contributed by atoms with Gasteiger partial charge < -0.3 is 15.4 Å². The summed E-state index contributed by atoms with van der Waals surface area (Å²) in [5, 5.41) is 5.68. The normalized spacial score (nSPS) is 21.5. The van der Waals surface area contributed by atoms with Gasteiger partial charge in [0.25, 0.3) is 0 Å². The molecule has 2 atom stereocenters. The minimum atomic E-state index is -0.386. The Bertz CT molecular complexity index is 762. The fourth-order valence-electron chi connectivity index (χ4n) is 2.97. The highest BCUT2D eigenvalue weighted by molar-refractivity contribution is 5.75. The lowest BCUT2D eigenvalue weighted by Gasteiger charge is -2.11. The highest BCUT2D eigenvalue weighted by Crippen LogP contribution is 2.40. The quantitative estimate of drug-likeness (QED) is 0.842. The number of nitrogens with one attached hydrogen (secondary N) is 2. The Morgan fingerprint density at radius 2 is 1.92 bits per heavy atom. The predicted octanol–water partition coefficient (Wildman–Crippen LogP) is 3.72. The van der Waals surface area contributed by atoms with E-state index in [2.05, 4.69) is 22.8 Å². The third-order valence-corrected chi connectivity index (χ3v) is 4.64. The second-order valence-corrected chi connectivity index (χ2v) is 6.73. The smallest absolute Gasteiger partial charge is 0.315 e. The molecule has 130 valence electrons. The van der Waals surface area contributed by atoms with E-state index in [0.29, 0.717) is 11.5 Å². The molecule has 0 aliphatic heterocycles. The van der Waals surface area contributed by atoms with Gasteiger partial charge in [-0.2, -0.15) is 0 Å². The van der Waals surface area contributed by atoms with Gasteiger partial charge in [-0.25, -0.2) is 9.18 Å². The second-order valence-electron chi connectivity index (χ2n) is 6.73. The van der Waals surface area contributed by atoms with Crippen molar-refractivity contribution in [2.45, 2.75) is 43.9 Å². The highest BCUT2D eigenvalue weighted by Gasteiger charge is 2.39. The fourth-order valence-corrected chi connectivity index (χ4v) is 2.97. The monoisotopic (exact) mass is 340 g/mol. The van der Waals surface area contributed by atoms with Crippen LogP contribution in [-0.4, -0.2) is 18.2 Å². The molecular formula is C20H21FN2O2. The molecule has 0 aromatic heterocycles. The number of carbonyl (C=O) groups is 1. The molecule has 5 heteroatoms. The van der Waals surface area contributed by atoms with Gasteiger partial charge in [0.2, 0.25) is 0 Å². The molecule has 2 amide bonds. The van der Waals surface area contributed by atoms with E-state index < -0.39 is 0 Å². The molecule has 0 radical (unpaired) electrons. The number of halogens is 1. The first-order valence-corrected chi connectivity index (χ1v) is 8.74. The van der Waals surface area contributed by atoms with Crippen molar-refractivity contribution in [2.24, 2.45) is 0 Å². The molecule has 2 aliphatic carbocycles. The van der Waals surface area contributed by atoms with E-state index in [4.69, 9.17) is 4.74 Å². The molecule has 2 aromatic rings. The summed E-state index contributed by atoms with van der Waals surface area (Å²) in [5.74, 6) is 0.260. The molecule has 2 aliphatic rings. The van der Waals surface area contributed by atoms with Crippen LogP contribution in [0.25, 0.3) is 0 Å². The van der Waals surface area contributed by atoms with Crippen molar-refractivity contribution in [1.82, 2.24) is 10.6 Å². The minimum absolute atomic E-state index is 0.141. The lowest BCUT2D eigenvalue weighted by molar-refractivity contribution is 0.239. The van der Waals surface area contributed by atoms with Crippen LogP contribution in [0.1, 0.15) is 36.3 Å². The number of urea groups is 1. The maximum Gasteiger partial charge on any atom is 0.315 e. The Hall–Kier alpha value is -2.56. The Morgan fingerprint density at radius 1 is 1.12 bits per heavy atom. The number of benzene rings is 2. The molecule has 0 bridgehead atoms. The zero-order valence-corrected chi connectivity index (χ0v) is 13.9. The van der Waals surface area contributed by atoms with E-state index in [1.54, 1.807) is 18.2 Å². The fraction of sp³-hybridized carbons (Fsp3) is 0.350. The zero-order chi connectivity index (χ0) is 17.2. The van der Waals surface area contributed by atoms with E-state index in [1.165, 1.54) is 5.56 Å². The van der Waals surface area contributed by atoms with E-state index in [1.807, 2.05) is 18.2 Å². The van der Waals surface area contributed by atoms with Gasteiger partial charge in [-0.05, 0) is 30.9 Å². The lowest BCUT2D eigenvalue weighted by Crippen LogP contribution is -2.37. The molecule has 0 heterocycles. The van der Waals surface area contributed by atoms with Crippen molar-refractivity contribution in [3.63, 3.8) is 0 Å². The van der Waals surface area contributed by atoms with Gasteiger partial charge in [0.15, 0.2) is 11.6 Å².